The quantitative estimate of drug-likeness (QED) is 0.599. The zero-order chi connectivity index (χ0) is 13.8. The molecule has 1 aromatic rings. The molecular formula is C14H15NO4. The maximum atomic E-state index is 12.1. The minimum absolute atomic E-state index is 0.0305. The lowest BCUT2D eigenvalue weighted by molar-refractivity contribution is -0.149. The molecule has 0 radical (unpaired) electrons. The van der Waals surface area contributed by atoms with E-state index in [4.69, 9.17) is 4.74 Å². The summed E-state index contributed by atoms with van der Waals surface area (Å²) in [4.78, 5) is 36.8. The number of Topliss-reactive ketones (excluding diaryl/α,β-unsaturated/α-hetero) is 1. The Hall–Kier alpha value is -2.17. The Morgan fingerprint density at radius 3 is 2.63 bits per heavy atom. The largest absolute Gasteiger partial charge is 0.465 e. The van der Waals surface area contributed by atoms with Crippen molar-refractivity contribution in [2.24, 2.45) is 5.92 Å². The summed E-state index contributed by atoms with van der Waals surface area (Å²) in [5.41, 5.74) is 0.514. The number of ketones is 1. The van der Waals surface area contributed by atoms with Crippen LogP contribution in [0.2, 0.25) is 0 Å². The summed E-state index contributed by atoms with van der Waals surface area (Å²) in [6, 6.07) is 8.70. The van der Waals surface area contributed by atoms with Gasteiger partial charge in [-0.1, -0.05) is 18.2 Å². The van der Waals surface area contributed by atoms with Crippen molar-refractivity contribution < 1.29 is 19.1 Å². The van der Waals surface area contributed by atoms with Crippen LogP contribution in [0.1, 0.15) is 17.3 Å². The lowest BCUT2D eigenvalue weighted by Gasteiger charge is -2.15. The van der Waals surface area contributed by atoms with Gasteiger partial charge in [-0.3, -0.25) is 14.4 Å². The first-order valence-electron chi connectivity index (χ1n) is 6.17. The second kappa shape index (κ2) is 5.65. The molecule has 0 aromatic heterocycles. The molecule has 1 unspecified atom stereocenters. The SMILES string of the molecule is CCOC(=O)C1CN(C(=O)c2ccccc2)CC1=O. The number of amides is 1. The predicted octanol–water partition coefficient (Wildman–Crippen LogP) is 0.891. The van der Waals surface area contributed by atoms with E-state index in [9.17, 15) is 14.4 Å². The van der Waals surface area contributed by atoms with Crippen molar-refractivity contribution in [2.75, 3.05) is 19.7 Å². The number of carbonyl (C=O) groups is 3. The average Bonchev–Trinajstić information content (AvgIpc) is 2.81. The molecule has 0 aliphatic carbocycles. The van der Waals surface area contributed by atoms with Gasteiger partial charge in [-0.2, -0.15) is 0 Å². The molecule has 1 aliphatic rings. The number of hydrogen-bond donors (Lipinski definition) is 0. The first-order valence-corrected chi connectivity index (χ1v) is 6.17. The molecule has 1 aromatic carbocycles. The van der Waals surface area contributed by atoms with Gasteiger partial charge in [0.2, 0.25) is 0 Å². The molecular weight excluding hydrogens is 246 g/mol. The highest BCUT2D eigenvalue weighted by molar-refractivity contribution is 6.06. The number of nitrogens with zero attached hydrogens (tertiary/aromatic N) is 1. The first-order chi connectivity index (χ1) is 9.13. The highest BCUT2D eigenvalue weighted by atomic mass is 16.5. The van der Waals surface area contributed by atoms with Crippen molar-refractivity contribution in [3.63, 3.8) is 0 Å². The molecule has 1 saturated heterocycles. The predicted molar refractivity (Wildman–Crippen MR) is 67.5 cm³/mol. The summed E-state index contributed by atoms with van der Waals surface area (Å²) in [6.07, 6.45) is 0. The van der Waals surface area contributed by atoms with Gasteiger partial charge >= 0.3 is 5.97 Å². The molecule has 1 aliphatic heterocycles. The van der Waals surface area contributed by atoms with Gasteiger partial charge in [-0.25, -0.2) is 0 Å². The fourth-order valence-corrected chi connectivity index (χ4v) is 2.05. The topological polar surface area (TPSA) is 63.7 Å². The van der Waals surface area contributed by atoms with E-state index >= 15 is 0 Å². The van der Waals surface area contributed by atoms with Gasteiger partial charge < -0.3 is 9.64 Å². The maximum absolute atomic E-state index is 12.1. The second-order valence-electron chi connectivity index (χ2n) is 4.32. The summed E-state index contributed by atoms with van der Waals surface area (Å²) in [7, 11) is 0. The first kappa shape index (κ1) is 13.3. The van der Waals surface area contributed by atoms with Crippen LogP contribution in [0.5, 0.6) is 0 Å². The monoisotopic (exact) mass is 261 g/mol. The fourth-order valence-electron chi connectivity index (χ4n) is 2.05. The molecule has 1 heterocycles. The van der Waals surface area contributed by atoms with Crippen LogP contribution in [-0.4, -0.2) is 42.3 Å². The van der Waals surface area contributed by atoms with E-state index in [1.807, 2.05) is 6.07 Å². The molecule has 19 heavy (non-hydrogen) atoms. The normalized spacial score (nSPS) is 18.5. The van der Waals surface area contributed by atoms with Crippen LogP contribution in [0.25, 0.3) is 0 Å². The van der Waals surface area contributed by atoms with E-state index < -0.39 is 11.9 Å². The molecule has 0 N–H and O–H groups in total. The van der Waals surface area contributed by atoms with E-state index in [1.54, 1.807) is 31.2 Å². The van der Waals surface area contributed by atoms with Crippen LogP contribution in [0.3, 0.4) is 0 Å². The average molecular weight is 261 g/mol. The molecule has 2 rings (SSSR count). The van der Waals surface area contributed by atoms with Gasteiger partial charge in [0.1, 0.15) is 5.92 Å². The highest BCUT2D eigenvalue weighted by Crippen LogP contribution is 2.17. The smallest absolute Gasteiger partial charge is 0.318 e. The Labute approximate surface area is 111 Å². The number of benzene rings is 1. The maximum Gasteiger partial charge on any atom is 0.318 e. The molecule has 0 bridgehead atoms. The van der Waals surface area contributed by atoms with Crippen molar-refractivity contribution in [3.8, 4) is 0 Å². The van der Waals surface area contributed by atoms with Gasteiger partial charge in [0.15, 0.2) is 5.78 Å². The molecule has 1 atom stereocenters. The van der Waals surface area contributed by atoms with Crippen LogP contribution in [-0.2, 0) is 14.3 Å². The third-order valence-electron chi connectivity index (χ3n) is 3.02. The molecule has 5 heteroatoms. The van der Waals surface area contributed by atoms with E-state index in [0.717, 1.165) is 0 Å². The van der Waals surface area contributed by atoms with E-state index in [0.29, 0.717) is 5.56 Å². The number of carbonyl (C=O) groups excluding carboxylic acids is 3. The summed E-state index contributed by atoms with van der Waals surface area (Å²) >= 11 is 0. The Morgan fingerprint density at radius 2 is 2.00 bits per heavy atom. The van der Waals surface area contributed by atoms with E-state index in [-0.39, 0.29) is 31.4 Å². The third kappa shape index (κ3) is 2.81. The number of likely N-dealkylation sites (tertiary alicyclic amines) is 1. The zero-order valence-corrected chi connectivity index (χ0v) is 10.7. The Morgan fingerprint density at radius 1 is 1.32 bits per heavy atom. The summed E-state index contributed by atoms with van der Waals surface area (Å²) < 4.78 is 4.83. The molecule has 100 valence electrons. The van der Waals surface area contributed by atoms with Gasteiger partial charge in [-0.05, 0) is 19.1 Å². The molecule has 5 nitrogen and oxygen atoms in total. The Kier molecular flexibility index (Phi) is 3.94. The summed E-state index contributed by atoms with van der Waals surface area (Å²) in [6.45, 7) is 1.99. The third-order valence-corrected chi connectivity index (χ3v) is 3.02. The molecule has 1 fully saturated rings. The molecule has 1 amide bonds. The highest BCUT2D eigenvalue weighted by Gasteiger charge is 2.39. The minimum Gasteiger partial charge on any atom is -0.465 e. The van der Waals surface area contributed by atoms with Crippen LogP contribution >= 0.6 is 0 Å². The lowest BCUT2D eigenvalue weighted by atomic mass is 10.1. The second-order valence-corrected chi connectivity index (χ2v) is 4.32. The van der Waals surface area contributed by atoms with Crippen LogP contribution in [0, 0.1) is 5.92 Å². The number of rotatable bonds is 3. The van der Waals surface area contributed by atoms with Gasteiger partial charge in [0.25, 0.3) is 5.91 Å². The van der Waals surface area contributed by atoms with Gasteiger partial charge in [0, 0.05) is 12.1 Å². The van der Waals surface area contributed by atoms with Crippen molar-refractivity contribution in [1.29, 1.82) is 0 Å². The van der Waals surface area contributed by atoms with Crippen molar-refractivity contribution in [3.05, 3.63) is 35.9 Å². The van der Waals surface area contributed by atoms with E-state index in [2.05, 4.69) is 0 Å². The van der Waals surface area contributed by atoms with Crippen molar-refractivity contribution in [1.82, 2.24) is 4.90 Å². The molecule has 0 spiro atoms. The number of hydrogen-bond acceptors (Lipinski definition) is 4. The van der Waals surface area contributed by atoms with E-state index in [1.165, 1.54) is 4.90 Å². The number of esters is 1. The molecule has 0 saturated carbocycles. The minimum atomic E-state index is -0.840. The summed E-state index contributed by atoms with van der Waals surface area (Å²) in [5, 5.41) is 0. The van der Waals surface area contributed by atoms with Crippen LogP contribution in [0.4, 0.5) is 0 Å². The van der Waals surface area contributed by atoms with Crippen molar-refractivity contribution in [2.45, 2.75) is 6.92 Å². The van der Waals surface area contributed by atoms with Crippen molar-refractivity contribution >= 4 is 17.7 Å². The summed E-state index contributed by atoms with van der Waals surface area (Å²) in [5.74, 6) is -1.88. The van der Waals surface area contributed by atoms with Crippen LogP contribution in [0.15, 0.2) is 30.3 Å². The standard InChI is InChI=1S/C14H15NO4/c1-2-19-14(18)11-8-15(9-12(11)16)13(17)10-6-4-3-5-7-10/h3-7,11H,2,8-9H2,1H3. The lowest BCUT2D eigenvalue weighted by Crippen LogP contribution is -2.30. The van der Waals surface area contributed by atoms with Gasteiger partial charge in [-0.15, -0.1) is 0 Å². The fraction of sp³-hybridized carbons (Fsp3) is 0.357. The number of ether oxygens (including phenoxy) is 1. The Bertz CT molecular complexity index is 497. The Balaban J connectivity index is 2.07. The van der Waals surface area contributed by atoms with Crippen LogP contribution < -0.4 is 0 Å². The zero-order valence-electron chi connectivity index (χ0n) is 10.7. The van der Waals surface area contributed by atoms with Gasteiger partial charge in [0.05, 0.1) is 13.2 Å².